The van der Waals surface area contributed by atoms with Gasteiger partial charge in [-0.2, -0.15) is 0 Å². The first kappa shape index (κ1) is 16.6. The van der Waals surface area contributed by atoms with Crippen molar-refractivity contribution in [3.63, 3.8) is 0 Å². The van der Waals surface area contributed by atoms with E-state index in [9.17, 15) is 9.90 Å². The molecule has 1 aliphatic heterocycles. The van der Waals surface area contributed by atoms with Crippen LogP contribution in [0.5, 0.6) is 5.75 Å². The van der Waals surface area contributed by atoms with E-state index in [2.05, 4.69) is 10.6 Å². The Morgan fingerprint density at radius 3 is 2.95 bits per heavy atom. The number of aliphatic hydroxyl groups excluding tert-OH is 1. The average molecular weight is 308 g/mol. The Morgan fingerprint density at radius 2 is 2.23 bits per heavy atom. The molecule has 0 spiro atoms. The normalized spacial score (nSPS) is 19.0. The van der Waals surface area contributed by atoms with Gasteiger partial charge in [0, 0.05) is 31.2 Å². The second-order valence-corrected chi connectivity index (χ2v) is 5.52. The van der Waals surface area contributed by atoms with Gasteiger partial charge in [-0.1, -0.05) is 18.2 Å². The van der Waals surface area contributed by atoms with Crippen LogP contribution < -0.4 is 15.4 Å². The highest BCUT2D eigenvalue weighted by atomic mass is 16.5. The van der Waals surface area contributed by atoms with Crippen molar-refractivity contribution in [3.8, 4) is 5.75 Å². The van der Waals surface area contributed by atoms with Gasteiger partial charge in [0.25, 0.3) is 0 Å². The molecule has 1 heterocycles. The van der Waals surface area contributed by atoms with E-state index in [1.807, 2.05) is 31.2 Å². The van der Waals surface area contributed by atoms with Crippen molar-refractivity contribution in [3.05, 3.63) is 29.8 Å². The van der Waals surface area contributed by atoms with Gasteiger partial charge in [0.1, 0.15) is 5.75 Å². The minimum Gasteiger partial charge on any atom is -0.493 e. The molecule has 0 unspecified atom stereocenters. The SMILES string of the molecule is COCC[C@H](CO)NC(=O)N[C@@H](C)[C@H]1COc2ccccc21. The van der Waals surface area contributed by atoms with E-state index in [-0.39, 0.29) is 30.6 Å². The van der Waals surface area contributed by atoms with Crippen molar-refractivity contribution < 1.29 is 19.4 Å². The van der Waals surface area contributed by atoms with Crippen molar-refractivity contribution in [2.75, 3.05) is 26.9 Å². The molecule has 1 aromatic carbocycles. The molecule has 122 valence electrons. The first-order valence-electron chi connectivity index (χ1n) is 7.54. The number of fused-ring (bicyclic) bond motifs is 1. The summed E-state index contributed by atoms with van der Waals surface area (Å²) in [4.78, 5) is 12.0. The van der Waals surface area contributed by atoms with Gasteiger partial charge >= 0.3 is 6.03 Å². The molecule has 2 rings (SSSR count). The van der Waals surface area contributed by atoms with Crippen molar-refractivity contribution in [1.82, 2.24) is 10.6 Å². The smallest absolute Gasteiger partial charge is 0.315 e. The molecule has 0 fully saturated rings. The van der Waals surface area contributed by atoms with Gasteiger partial charge in [0.2, 0.25) is 0 Å². The van der Waals surface area contributed by atoms with Crippen LogP contribution in [0.2, 0.25) is 0 Å². The molecular formula is C16H24N2O4. The zero-order chi connectivity index (χ0) is 15.9. The predicted octanol–water partition coefficient (Wildman–Crippen LogP) is 1.25. The lowest BCUT2D eigenvalue weighted by Gasteiger charge is -2.22. The first-order valence-corrected chi connectivity index (χ1v) is 7.54. The van der Waals surface area contributed by atoms with Crippen molar-refractivity contribution >= 4 is 6.03 Å². The zero-order valence-corrected chi connectivity index (χ0v) is 13.0. The summed E-state index contributed by atoms with van der Waals surface area (Å²) in [6, 6.07) is 7.22. The fourth-order valence-corrected chi connectivity index (χ4v) is 2.60. The Balaban J connectivity index is 1.87. The minimum atomic E-state index is -0.306. The molecule has 3 atom stereocenters. The summed E-state index contributed by atoms with van der Waals surface area (Å²) < 4.78 is 10.6. The number of para-hydroxylation sites is 1. The molecule has 3 N–H and O–H groups in total. The van der Waals surface area contributed by atoms with Crippen molar-refractivity contribution in [1.29, 1.82) is 0 Å². The number of hydrogen-bond acceptors (Lipinski definition) is 4. The number of amides is 2. The van der Waals surface area contributed by atoms with Crippen LogP contribution in [0.1, 0.15) is 24.8 Å². The summed E-state index contributed by atoms with van der Waals surface area (Å²) in [5.74, 6) is 1.02. The van der Waals surface area contributed by atoms with Crippen LogP contribution in [-0.2, 0) is 4.74 Å². The van der Waals surface area contributed by atoms with Gasteiger partial charge in [-0.3, -0.25) is 0 Å². The fraction of sp³-hybridized carbons (Fsp3) is 0.562. The number of ether oxygens (including phenoxy) is 2. The Labute approximate surface area is 130 Å². The summed E-state index contributed by atoms with van der Waals surface area (Å²) >= 11 is 0. The predicted molar refractivity (Wildman–Crippen MR) is 83.2 cm³/mol. The highest BCUT2D eigenvalue weighted by molar-refractivity contribution is 5.74. The number of methoxy groups -OCH3 is 1. The maximum Gasteiger partial charge on any atom is 0.315 e. The second kappa shape index (κ2) is 8.00. The van der Waals surface area contributed by atoms with Gasteiger partial charge in [0.05, 0.1) is 19.3 Å². The molecular weight excluding hydrogens is 284 g/mol. The third-order valence-electron chi connectivity index (χ3n) is 3.93. The lowest BCUT2D eigenvalue weighted by atomic mass is 9.94. The number of carbonyl (C=O) groups excluding carboxylic acids is 1. The Hall–Kier alpha value is -1.79. The molecule has 1 aromatic rings. The Morgan fingerprint density at radius 1 is 1.45 bits per heavy atom. The van der Waals surface area contributed by atoms with E-state index in [4.69, 9.17) is 9.47 Å². The monoisotopic (exact) mass is 308 g/mol. The van der Waals surface area contributed by atoms with Gasteiger partial charge in [-0.15, -0.1) is 0 Å². The van der Waals surface area contributed by atoms with E-state index in [0.29, 0.717) is 19.6 Å². The van der Waals surface area contributed by atoms with E-state index in [1.54, 1.807) is 7.11 Å². The summed E-state index contributed by atoms with van der Waals surface area (Å²) in [6.45, 7) is 2.90. The number of benzene rings is 1. The van der Waals surface area contributed by atoms with Crippen LogP contribution in [0.4, 0.5) is 4.79 Å². The fourth-order valence-electron chi connectivity index (χ4n) is 2.60. The number of nitrogens with one attached hydrogen (secondary N) is 2. The third-order valence-corrected chi connectivity index (χ3v) is 3.93. The molecule has 1 aliphatic rings. The molecule has 0 radical (unpaired) electrons. The lowest BCUT2D eigenvalue weighted by molar-refractivity contribution is 0.159. The third kappa shape index (κ3) is 4.11. The number of urea groups is 1. The largest absolute Gasteiger partial charge is 0.493 e. The van der Waals surface area contributed by atoms with Crippen LogP contribution in [0, 0.1) is 0 Å². The maximum absolute atomic E-state index is 12.0. The molecule has 0 saturated heterocycles. The summed E-state index contributed by atoms with van der Waals surface area (Å²) in [5.41, 5.74) is 1.12. The van der Waals surface area contributed by atoms with Gasteiger partial charge < -0.3 is 25.2 Å². The number of rotatable bonds is 7. The topological polar surface area (TPSA) is 79.8 Å². The molecule has 6 nitrogen and oxygen atoms in total. The molecule has 22 heavy (non-hydrogen) atoms. The first-order chi connectivity index (χ1) is 10.7. The summed E-state index contributed by atoms with van der Waals surface area (Å²) in [6.07, 6.45) is 0.574. The molecule has 6 heteroatoms. The minimum absolute atomic E-state index is 0.0644. The second-order valence-electron chi connectivity index (χ2n) is 5.52. The molecule has 0 bridgehead atoms. The molecule has 2 amide bonds. The van der Waals surface area contributed by atoms with Gasteiger partial charge in [-0.25, -0.2) is 4.79 Å². The maximum atomic E-state index is 12.0. The molecule has 0 aliphatic carbocycles. The Kier molecular flexibility index (Phi) is 6.03. The van der Waals surface area contributed by atoms with Crippen LogP contribution in [0.15, 0.2) is 24.3 Å². The highest BCUT2D eigenvalue weighted by Gasteiger charge is 2.29. The Bertz CT molecular complexity index is 495. The summed E-state index contributed by atoms with van der Waals surface area (Å²) in [5, 5.41) is 14.9. The molecule has 0 aromatic heterocycles. The highest BCUT2D eigenvalue weighted by Crippen LogP contribution is 2.35. The lowest BCUT2D eigenvalue weighted by Crippen LogP contribution is -2.48. The van der Waals surface area contributed by atoms with Crippen LogP contribution in [0.3, 0.4) is 0 Å². The van der Waals surface area contributed by atoms with E-state index in [0.717, 1.165) is 11.3 Å². The van der Waals surface area contributed by atoms with Crippen molar-refractivity contribution in [2.45, 2.75) is 31.3 Å². The van der Waals surface area contributed by atoms with E-state index < -0.39 is 0 Å². The van der Waals surface area contributed by atoms with E-state index in [1.165, 1.54) is 0 Å². The van der Waals surface area contributed by atoms with Crippen LogP contribution in [0.25, 0.3) is 0 Å². The molecule has 0 saturated carbocycles. The van der Waals surface area contributed by atoms with Crippen molar-refractivity contribution in [2.24, 2.45) is 0 Å². The summed E-state index contributed by atoms with van der Waals surface area (Å²) in [7, 11) is 1.59. The van der Waals surface area contributed by atoms with Gasteiger partial charge in [-0.05, 0) is 19.4 Å². The standard InChI is InChI=1S/C16H24N2O4/c1-11(14-10-22-15-6-4-3-5-13(14)15)17-16(20)18-12(9-19)7-8-21-2/h3-6,11-12,14,19H,7-10H2,1-2H3,(H2,17,18,20)/t11-,12+,14+/m0/s1. The van der Waals surface area contributed by atoms with E-state index >= 15 is 0 Å². The number of hydrogen-bond donors (Lipinski definition) is 3. The average Bonchev–Trinajstić information content (AvgIpc) is 2.95. The van der Waals surface area contributed by atoms with Gasteiger partial charge in [0.15, 0.2) is 0 Å². The van der Waals surface area contributed by atoms with Crippen LogP contribution in [-0.4, -0.2) is 50.2 Å². The zero-order valence-electron chi connectivity index (χ0n) is 13.0. The van der Waals surface area contributed by atoms with Crippen LogP contribution >= 0.6 is 0 Å². The number of carbonyl (C=O) groups is 1. The number of aliphatic hydroxyl groups is 1. The quantitative estimate of drug-likeness (QED) is 0.708.